The van der Waals surface area contributed by atoms with Crippen molar-refractivity contribution in [3.8, 4) is 0 Å². The van der Waals surface area contributed by atoms with E-state index in [0.29, 0.717) is 16.5 Å². The first-order valence-corrected chi connectivity index (χ1v) is 4.75. The molecule has 0 unspecified atom stereocenters. The molecule has 1 heterocycles. The number of aromatic amines is 1. The predicted octanol–water partition coefficient (Wildman–Crippen LogP) is 2.52. The first kappa shape index (κ1) is 10.4. The van der Waals surface area contributed by atoms with Crippen LogP contribution in [-0.4, -0.2) is 4.98 Å². The van der Waals surface area contributed by atoms with Gasteiger partial charge in [0.2, 0.25) is 0 Å². The molecule has 0 bridgehead atoms. The Morgan fingerprint density at radius 1 is 1.62 bits per heavy atom. The molecule has 1 N–H and O–H groups in total. The third-order valence-corrected chi connectivity index (χ3v) is 2.47. The number of rotatable bonds is 2. The summed E-state index contributed by atoms with van der Waals surface area (Å²) in [5.41, 5.74) is -0.111. The lowest BCUT2D eigenvalue weighted by Gasteiger charge is -2.06. The SMILES string of the molecule is Cc1c(CBr)c[nH]c(=O)c1C(F)F. The van der Waals surface area contributed by atoms with Crippen molar-refractivity contribution in [1.82, 2.24) is 4.98 Å². The number of pyridine rings is 1. The standard InChI is InChI=1S/C8H8BrF2NO/c1-4-5(2-9)3-12-8(13)6(4)7(10)11/h3,7H,2H2,1H3,(H,12,13). The molecular weight excluding hydrogens is 244 g/mol. The molecule has 0 fully saturated rings. The maximum absolute atomic E-state index is 12.4. The van der Waals surface area contributed by atoms with Crippen LogP contribution in [0.5, 0.6) is 0 Å². The molecule has 0 saturated carbocycles. The fraction of sp³-hybridized carbons (Fsp3) is 0.375. The van der Waals surface area contributed by atoms with Crippen LogP contribution in [-0.2, 0) is 5.33 Å². The second kappa shape index (κ2) is 4.00. The summed E-state index contributed by atoms with van der Waals surface area (Å²) < 4.78 is 24.7. The second-order valence-corrected chi connectivity index (χ2v) is 3.18. The Morgan fingerprint density at radius 2 is 2.23 bits per heavy atom. The minimum Gasteiger partial charge on any atom is -0.328 e. The van der Waals surface area contributed by atoms with Gasteiger partial charge in [-0.3, -0.25) is 4.79 Å². The summed E-state index contributed by atoms with van der Waals surface area (Å²) in [6.45, 7) is 1.52. The van der Waals surface area contributed by atoms with Gasteiger partial charge in [0, 0.05) is 11.5 Å². The molecule has 5 heteroatoms. The summed E-state index contributed by atoms with van der Waals surface area (Å²) in [5, 5.41) is 0.454. The fourth-order valence-electron chi connectivity index (χ4n) is 1.08. The Bertz CT molecular complexity index is 362. The van der Waals surface area contributed by atoms with E-state index >= 15 is 0 Å². The minimum atomic E-state index is -2.72. The van der Waals surface area contributed by atoms with E-state index in [0.717, 1.165) is 0 Å². The third kappa shape index (κ3) is 1.96. The maximum Gasteiger partial charge on any atom is 0.269 e. The van der Waals surface area contributed by atoms with Crippen molar-refractivity contribution in [2.45, 2.75) is 18.7 Å². The molecule has 0 atom stereocenters. The van der Waals surface area contributed by atoms with Crippen LogP contribution in [0, 0.1) is 6.92 Å². The van der Waals surface area contributed by atoms with Gasteiger partial charge in [0.25, 0.3) is 12.0 Å². The summed E-state index contributed by atoms with van der Waals surface area (Å²) in [6.07, 6.45) is -1.28. The first-order chi connectivity index (χ1) is 6.07. The number of nitrogens with one attached hydrogen (secondary N) is 1. The lowest BCUT2D eigenvalue weighted by Crippen LogP contribution is -2.15. The lowest BCUT2D eigenvalue weighted by atomic mass is 10.1. The van der Waals surface area contributed by atoms with Gasteiger partial charge < -0.3 is 4.98 Å². The molecule has 0 spiro atoms. The van der Waals surface area contributed by atoms with Gasteiger partial charge in [-0.15, -0.1) is 0 Å². The van der Waals surface area contributed by atoms with Crippen LogP contribution in [0.4, 0.5) is 8.78 Å². The predicted molar refractivity (Wildman–Crippen MR) is 49.4 cm³/mol. The van der Waals surface area contributed by atoms with Crippen LogP contribution in [0.1, 0.15) is 23.1 Å². The molecule has 1 aromatic rings. The van der Waals surface area contributed by atoms with Crippen LogP contribution in [0.2, 0.25) is 0 Å². The quantitative estimate of drug-likeness (QED) is 0.806. The molecular formula is C8H8BrF2NO. The minimum absolute atomic E-state index is 0.357. The van der Waals surface area contributed by atoms with Crippen LogP contribution < -0.4 is 5.56 Å². The normalized spacial score (nSPS) is 10.8. The number of aromatic nitrogens is 1. The fourth-order valence-corrected chi connectivity index (χ4v) is 1.67. The van der Waals surface area contributed by atoms with E-state index in [1.54, 1.807) is 0 Å². The molecule has 2 nitrogen and oxygen atoms in total. The van der Waals surface area contributed by atoms with Crippen molar-refractivity contribution >= 4 is 15.9 Å². The highest BCUT2D eigenvalue weighted by atomic mass is 79.9. The molecule has 0 saturated heterocycles. The number of hydrogen-bond donors (Lipinski definition) is 1. The van der Waals surface area contributed by atoms with E-state index in [1.165, 1.54) is 13.1 Å². The smallest absolute Gasteiger partial charge is 0.269 e. The molecule has 0 radical (unpaired) electrons. The zero-order valence-electron chi connectivity index (χ0n) is 6.90. The molecule has 0 amide bonds. The summed E-state index contributed by atoms with van der Waals surface area (Å²) in [7, 11) is 0. The van der Waals surface area contributed by atoms with E-state index in [4.69, 9.17) is 0 Å². The Morgan fingerprint density at radius 3 is 2.69 bits per heavy atom. The average Bonchev–Trinajstić information content (AvgIpc) is 2.04. The molecule has 72 valence electrons. The van der Waals surface area contributed by atoms with Crippen molar-refractivity contribution in [3.63, 3.8) is 0 Å². The molecule has 0 aliphatic heterocycles. The molecule has 0 aromatic carbocycles. The van der Waals surface area contributed by atoms with E-state index in [9.17, 15) is 13.6 Å². The topological polar surface area (TPSA) is 32.9 Å². The Kier molecular flexibility index (Phi) is 3.19. The van der Waals surface area contributed by atoms with Crippen molar-refractivity contribution in [1.29, 1.82) is 0 Å². The largest absolute Gasteiger partial charge is 0.328 e. The monoisotopic (exact) mass is 251 g/mol. The summed E-state index contributed by atoms with van der Waals surface area (Å²) in [4.78, 5) is 13.3. The highest BCUT2D eigenvalue weighted by Gasteiger charge is 2.16. The Hall–Kier alpha value is -0.710. The zero-order valence-corrected chi connectivity index (χ0v) is 8.49. The molecule has 1 rings (SSSR count). The number of alkyl halides is 3. The van der Waals surface area contributed by atoms with E-state index < -0.39 is 17.5 Å². The Balaban J connectivity index is 3.39. The van der Waals surface area contributed by atoms with Gasteiger partial charge in [-0.2, -0.15) is 0 Å². The molecule has 13 heavy (non-hydrogen) atoms. The lowest BCUT2D eigenvalue weighted by molar-refractivity contribution is 0.148. The van der Waals surface area contributed by atoms with Gasteiger partial charge in [0.05, 0.1) is 5.56 Å². The number of H-pyrrole nitrogens is 1. The highest BCUT2D eigenvalue weighted by Crippen LogP contribution is 2.21. The van der Waals surface area contributed by atoms with Crippen molar-refractivity contribution < 1.29 is 8.78 Å². The third-order valence-electron chi connectivity index (χ3n) is 1.87. The number of hydrogen-bond acceptors (Lipinski definition) is 1. The number of halogens is 3. The van der Waals surface area contributed by atoms with Crippen molar-refractivity contribution in [2.75, 3.05) is 0 Å². The highest BCUT2D eigenvalue weighted by molar-refractivity contribution is 9.08. The van der Waals surface area contributed by atoms with E-state index in [2.05, 4.69) is 20.9 Å². The van der Waals surface area contributed by atoms with Crippen molar-refractivity contribution in [2.24, 2.45) is 0 Å². The van der Waals surface area contributed by atoms with Crippen LogP contribution in [0.15, 0.2) is 11.0 Å². The average molecular weight is 252 g/mol. The van der Waals surface area contributed by atoms with Crippen LogP contribution in [0.25, 0.3) is 0 Å². The van der Waals surface area contributed by atoms with Gasteiger partial charge in [-0.1, -0.05) is 15.9 Å². The van der Waals surface area contributed by atoms with Gasteiger partial charge in [0.1, 0.15) is 0 Å². The van der Waals surface area contributed by atoms with Gasteiger partial charge >= 0.3 is 0 Å². The van der Waals surface area contributed by atoms with E-state index in [-0.39, 0.29) is 0 Å². The maximum atomic E-state index is 12.4. The van der Waals surface area contributed by atoms with Gasteiger partial charge in [-0.05, 0) is 18.1 Å². The van der Waals surface area contributed by atoms with E-state index in [1.807, 2.05) is 0 Å². The van der Waals surface area contributed by atoms with Crippen molar-refractivity contribution in [3.05, 3.63) is 33.2 Å². The molecule has 0 aliphatic carbocycles. The van der Waals surface area contributed by atoms with Crippen LogP contribution >= 0.6 is 15.9 Å². The summed E-state index contributed by atoms with van der Waals surface area (Å²) >= 11 is 3.15. The molecule has 1 aromatic heterocycles. The van der Waals surface area contributed by atoms with Gasteiger partial charge in [-0.25, -0.2) is 8.78 Å². The summed E-state index contributed by atoms with van der Waals surface area (Å²) in [6, 6.07) is 0. The van der Waals surface area contributed by atoms with Crippen LogP contribution in [0.3, 0.4) is 0 Å². The Labute approximate surface area is 82.1 Å². The molecule has 0 aliphatic rings. The van der Waals surface area contributed by atoms with Gasteiger partial charge in [0.15, 0.2) is 0 Å². The summed E-state index contributed by atoms with van der Waals surface area (Å²) in [5.74, 6) is 0. The zero-order chi connectivity index (χ0) is 10.0. The first-order valence-electron chi connectivity index (χ1n) is 3.63. The second-order valence-electron chi connectivity index (χ2n) is 2.62.